The van der Waals surface area contributed by atoms with Crippen LogP contribution in [0, 0.1) is 6.92 Å². The van der Waals surface area contributed by atoms with E-state index >= 15 is 0 Å². The number of guanidine groups is 1. The van der Waals surface area contributed by atoms with Crippen molar-refractivity contribution in [3.63, 3.8) is 0 Å². The molecule has 6 heteroatoms. The number of anilines is 1. The quantitative estimate of drug-likeness (QED) is 0.410. The van der Waals surface area contributed by atoms with Gasteiger partial charge in [0, 0.05) is 18.2 Å². The molecule has 1 aromatic rings. The Morgan fingerprint density at radius 2 is 2.10 bits per heavy atom. The maximum absolute atomic E-state index is 11.4. The van der Waals surface area contributed by atoms with E-state index in [9.17, 15) is 4.79 Å². The van der Waals surface area contributed by atoms with E-state index in [2.05, 4.69) is 15.6 Å². The topological polar surface area (TPSA) is 79.5 Å². The molecule has 5 nitrogen and oxygen atoms in total. The zero-order valence-electron chi connectivity index (χ0n) is 12.1. The summed E-state index contributed by atoms with van der Waals surface area (Å²) in [5.41, 5.74) is 7.79. The van der Waals surface area contributed by atoms with Crippen LogP contribution < -0.4 is 16.4 Å². The average molecular weight is 390 g/mol. The Balaban J connectivity index is 0.00000361. The zero-order chi connectivity index (χ0) is 14.3. The lowest BCUT2D eigenvalue weighted by molar-refractivity contribution is -0.121. The fourth-order valence-electron chi connectivity index (χ4n) is 1.58. The van der Waals surface area contributed by atoms with Crippen LogP contribution in [0.5, 0.6) is 0 Å². The largest absolute Gasteiger partial charge is 0.370 e. The van der Waals surface area contributed by atoms with Gasteiger partial charge in [-0.25, -0.2) is 0 Å². The van der Waals surface area contributed by atoms with Crippen LogP contribution in [0.2, 0.25) is 0 Å². The molecule has 0 saturated heterocycles. The van der Waals surface area contributed by atoms with Crippen LogP contribution in [-0.2, 0) is 4.79 Å². The van der Waals surface area contributed by atoms with Crippen LogP contribution >= 0.6 is 24.0 Å². The van der Waals surface area contributed by atoms with Gasteiger partial charge >= 0.3 is 0 Å². The summed E-state index contributed by atoms with van der Waals surface area (Å²) >= 11 is 0. The SMILES string of the molecule is Cc1cccc(NC(N)=NCCC(=O)NC(C)C)c1.I. The normalized spacial score (nSPS) is 10.9. The molecule has 20 heavy (non-hydrogen) atoms. The Morgan fingerprint density at radius 3 is 2.70 bits per heavy atom. The Hall–Kier alpha value is -1.31. The molecule has 0 aliphatic carbocycles. The minimum atomic E-state index is -0.0119. The van der Waals surface area contributed by atoms with Crippen LogP contribution in [0.4, 0.5) is 5.69 Å². The molecule has 0 saturated carbocycles. The summed E-state index contributed by atoms with van der Waals surface area (Å²) in [4.78, 5) is 15.5. The zero-order valence-corrected chi connectivity index (χ0v) is 14.5. The Labute approximate surface area is 137 Å². The van der Waals surface area contributed by atoms with Gasteiger partial charge in [0.2, 0.25) is 5.91 Å². The van der Waals surface area contributed by atoms with Gasteiger partial charge in [-0.15, -0.1) is 24.0 Å². The number of nitrogens with one attached hydrogen (secondary N) is 2. The van der Waals surface area contributed by atoms with Crippen molar-refractivity contribution in [1.82, 2.24) is 5.32 Å². The highest BCUT2D eigenvalue weighted by Gasteiger charge is 2.02. The van der Waals surface area contributed by atoms with Gasteiger partial charge in [0.05, 0.1) is 6.54 Å². The number of hydrogen-bond acceptors (Lipinski definition) is 2. The maximum Gasteiger partial charge on any atom is 0.222 e. The predicted octanol–water partition coefficient (Wildman–Crippen LogP) is 2.25. The molecule has 0 aliphatic rings. The van der Waals surface area contributed by atoms with Gasteiger partial charge in [-0.3, -0.25) is 9.79 Å². The summed E-state index contributed by atoms with van der Waals surface area (Å²) in [6.45, 7) is 6.24. The number of halogens is 1. The number of aliphatic imine (C=N–C) groups is 1. The first-order valence-corrected chi connectivity index (χ1v) is 6.40. The Kier molecular flexibility index (Phi) is 8.94. The fourth-order valence-corrected chi connectivity index (χ4v) is 1.58. The van der Waals surface area contributed by atoms with E-state index in [0.29, 0.717) is 18.9 Å². The van der Waals surface area contributed by atoms with E-state index in [4.69, 9.17) is 5.73 Å². The Morgan fingerprint density at radius 1 is 1.40 bits per heavy atom. The van der Waals surface area contributed by atoms with Crippen molar-refractivity contribution in [1.29, 1.82) is 0 Å². The number of nitrogens with two attached hydrogens (primary N) is 1. The molecule has 0 heterocycles. The number of amides is 1. The van der Waals surface area contributed by atoms with Gasteiger partial charge in [0.15, 0.2) is 5.96 Å². The summed E-state index contributed by atoms with van der Waals surface area (Å²) in [5.74, 6) is 0.310. The van der Waals surface area contributed by atoms with Gasteiger partial charge in [-0.05, 0) is 38.5 Å². The summed E-state index contributed by atoms with van der Waals surface area (Å²) in [5, 5.41) is 5.80. The molecule has 0 radical (unpaired) electrons. The van der Waals surface area contributed by atoms with E-state index in [-0.39, 0.29) is 35.9 Å². The summed E-state index contributed by atoms with van der Waals surface area (Å²) in [6, 6.07) is 8.00. The molecule has 0 fully saturated rings. The van der Waals surface area contributed by atoms with Crippen LogP contribution in [0.3, 0.4) is 0 Å². The molecular formula is C14H23IN4O. The number of aryl methyl sites for hydroxylation is 1. The second-order valence-electron chi connectivity index (χ2n) is 4.73. The van der Waals surface area contributed by atoms with Gasteiger partial charge in [0.25, 0.3) is 0 Å². The first-order valence-electron chi connectivity index (χ1n) is 6.40. The summed E-state index contributed by atoms with van der Waals surface area (Å²) in [6.07, 6.45) is 0.342. The molecule has 1 aromatic carbocycles. The lowest BCUT2D eigenvalue weighted by Gasteiger charge is -2.08. The Bertz CT molecular complexity index is 460. The van der Waals surface area contributed by atoms with Crippen LogP contribution in [0.1, 0.15) is 25.8 Å². The van der Waals surface area contributed by atoms with Crippen molar-refractivity contribution in [2.75, 3.05) is 11.9 Å². The van der Waals surface area contributed by atoms with E-state index in [1.807, 2.05) is 45.0 Å². The van der Waals surface area contributed by atoms with Crippen LogP contribution in [-0.4, -0.2) is 24.5 Å². The first-order chi connectivity index (χ1) is 8.97. The van der Waals surface area contributed by atoms with E-state index < -0.39 is 0 Å². The molecule has 0 unspecified atom stereocenters. The van der Waals surface area contributed by atoms with Crippen molar-refractivity contribution in [3.8, 4) is 0 Å². The van der Waals surface area contributed by atoms with Crippen molar-refractivity contribution >= 4 is 41.5 Å². The first kappa shape index (κ1) is 18.7. The lowest BCUT2D eigenvalue weighted by Crippen LogP contribution is -2.30. The monoisotopic (exact) mass is 390 g/mol. The van der Waals surface area contributed by atoms with Gasteiger partial charge < -0.3 is 16.4 Å². The maximum atomic E-state index is 11.4. The molecular weight excluding hydrogens is 367 g/mol. The van der Waals surface area contributed by atoms with Crippen molar-refractivity contribution in [3.05, 3.63) is 29.8 Å². The molecule has 0 aliphatic heterocycles. The minimum absolute atomic E-state index is 0. The average Bonchev–Trinajstić information content (AvgIpc) is 2.27. The highest BCUT2D eigenvalue weighted by atomic mass is 127. The number of carbonyl (C=O) groups is 1. The van der Waals surface area contributed by atoms with Crippen LogP contribution in [0.15, 0.2) is 29.3 Å². The number of benzene rings is 1. The van der Waals surface area contributed by atoms with Crippen LogP contribution in [0.25, 0.3) is 0 Å². The number of nitrogens with zero attached hydrogens (tertiary/aromatic N) is 1. The molecule has 1 amide bonds. The smallest absolute Gasteiger partial charge is 0.222 e. The predicted molar refractivity (Wildman–Crippen MR) is 94.6 cm³/mol. The third-order valence-electron chi connectivity index (χ3n) is 2.36. The molecule has 1 rings (SSSR count). The third kappa shape index (κ3) is 7.98. The fraction of sp³-hybridized carbons (Fsp3) is 0.429. The lowest BCUT2D eigenvalue weighted by atomic mass is 10.2. The second kappa shape index (κ2) is 9.57. The second-order valence-corrected chi connectivity index (χ2v) is 4.73. The number of rotatable bonds is 5. The van der Waals surface area contributed by atoms with Crippen molar-refractivity contribution in [2.24, 2.45) is 10.7 Å². The number of carbonyl (C=O) groups excluding carboxylic acids is 1. The highest BCUT2D eigenvalue weighted by Crippen LogP contribution is 2.08. The summed E-state index contributed by atoms with van der Waals surface area (Å²) < 4.78 is 0. The van der Waals surface area contributed by atoms with E-state index in [0.717, 1.165) is 11.3 Å². The molecule has 4 N–H and O–H groups in total. The molecule has 0 atom stereocenters. The van der Waals surface area contributed by atoms with E-state index in [1.165, 1.54) is 0 Å². The third-order valence-corrected chi connectivity index (χ3v) is 2.36. The molecule has 0 aromatic heterocycles. The molecule has 0 spiro atoms. The molecule has 0 bridgehead atoms. The van der Waals surface area contributed by atoms with Gasteiger partial charge in [-0.2, -0.15) is 0 Å². The van der Waals surface area contributed by atoms with Gasteiger partial charge in [0.1, 0.15) is 0 Å². The van der Waals surface area contributed by atoms with Crippen molar-refractivity contribution in [2.45, 2.75) is 33.2 Å². The summed E-state index contributed by atoms with van der Waals surface area (Å²) in [7, 11) is 0. The van der Waals surface area contributed by atoms with E-state index in [1.54, 1.807) is 0 Å². The number of hydrogen-bond donors (Lipinski definition) is 3. The van der Waals surface area contributed by atoms with Gasteiger partial charge in [-0.1, -0.05) is 12.1 Å². The van der Waals surface area contributed by atoms with Crippen molar-refractivity contribution < 1.29 is 4.79 Å². The molecule has 112 valence electrons. The standard InChI is InChI=1S/C14H22N4O.HI/c1-10(2)17-13(19)7-8-16-14(15)18-12-6-4-5-11(3)9-12;/h4-6,9-10H,7-8H2,1-3H3,(H,17,19)(H3,15,16,18);1H. The minimum Gasteiger partial charge on any atom is -0.370 e. The highest BCUT2D eigenvalue weighted by molar-refractivity contribution is 14.0.